The Morgan fingerprint density at radius 2 is 1.31 bits per heavy atom. The summed E-state index contributed by atoms with van der Waals surface area (Å²) in [6.07, 6.45) is 3.44. The number of hydrogen-bond acceptors (Lipinski definition) is 10. The number of esters is 2. The van der Waals surface area contributed by atoms with E-state index in [9.17, 15) is 19.2 Å². The van der Waals surface area contributed by atoms with E-state index in [0.717, 1.165) is 18.2 Å². The number of carbonyl (C=O) groups excluding carboxylic acids is 2. The largest absolute Gasteiger partial charge is 0.478 e. The number of aromatic carboxylic acids is 2. The van der Waals surface area contributed by atoms with E-state index in [1.165, 1.54) is 30.7 Å². The molecule has 0 aromatic heterocycles. The third-order valence-electron chi connectivity index (χ3n) is 3.68. The highest BCUT2D eigenvalue weighted by Crippen LogP contribution is 2.04. The fraction of sp³-hybridized carbons (Fsp3) is 0.259. The summed E-state index contributed by atoms with van der Waals surface area (Å²) in [5.41, 5.74) is 1.14. The van der Waals surface area contributed by atoms with Crippen LogP contribution in [-0.4, -0.2) is 93.7 Å². The Morgan fingerprint density at radius 1 is 0.872 bits per heavy atom. The Hall–Kier alpha value is -4.20. The zero-order valence-electron chi connectivity index (χ0n) is 21.4. The second-order valence-electron chi connectivity index (χ2n) is 6.97. The summed E-state index contributed by atoms with van der Waals surface area (Å²) in [7, 11) is 0. The van der Waals surface area contributed by atoms with E-state index >= 15 is 0 Å². The first kappa shape index (κ1) is 37.0. The van der Waals surface area contributed by atoms with Crippen molar-refractivity contribution < 1.29 is 59.3 Å². The van der Waals surface area contributed by atoms with Crippen molar-refractivity contribution in [1.29, 1.82) is 0 Å². The molecule has 2 aromatic rings. The van der Waals surface area contributed by atoms with Crippen LogP contribution in [0.2, 0.25) is 0 Å². The molecule has 0 radical (unpaired) electrons. The van der Waals surface area contributed by atoms with Gasteiger partial charge < -0.3 is 40.1 Å². The van der Waals surface area contributed by atoms with Crippen molar-refractivity contribution in [2.24, 2.45) is 0 Å². The van der Waals surface area contributed by atoms with Crippen molar-refractivity contribution in [3.05, 3.63) is 90.0 Å². The fourth-order valence-corrected chi connectivity index (χ4v) is 1.91. The number of ether oxygens (including phenoxy) is 2. The minimum absolute atomic E-state index is 0.0186. The van der Waals surface area contributed by atoms with Crippen LogP contribution in [0.1, 0.15) is 33.2 Å². The number of rotatable bonds is 8. The maximum Gasteiger partial charge on any atom is 0.338 e. The van der Waals surface area contributed by atoms with E-state index in [2.05, 4.69) is 16.1 Å². The van der Waals surface area contributed by atoms with Gasteiger partial charge in [-0.05, 0) is 30.7 Å². The molecule has 39 heavy (non-hydrogen) atoms. The maximum absolute atomic E-state index is 10.4. The minimum Gasteiger partial charge on any atom is -0.478 e. The molecule has 6 N–H and O–H groups in total. The van der Waals surface area contributed by atoms with Crippen LogP contribution in [0.15, 0.2) is 73.3 Å². The van der Waals surface area contributed by atoms with Crippen LogP contribution in [-0.2, 0) is 19.1 Å². The van der Waals surface area contributed by atoms with Crippen LogP contribution in [0.25, 0.3) is 6.08 Å². The topological polar surface area (TPSA) is 208 Å². The Bertz CT molecular complexity index is 967. The van der Waals surface area contributed by atoms with Crippen LogP contribution < -0.4 is 0 Å². The average Bonchev–Trinajstić information content (AvgIpc) is 3.33. The lowest BCUT2D eigenvalue weighted by Crippen LogP contribution is -2.03. The van der Waals surface area contributed by atoms with Crippen molar-refractivity contribution in [1.82, 2.24) is 0 Å². The Morgan fingerprint density at radius 3 is 1.56 bits per heavy atom. The minimum atomic E-state index is -1.13. The van der Waals surface area contributed by atoms with Gasteiger partial charge in [0.1, 0.15) is 0 Å². The molecule has 0 fully saturated rings. The average molecular weight is 551 g/mol. The molecular formula is C27H34O12. The van der Waals surface area contributed by atoms with E-state index in [0.29, 0.717) is 13.2 Å². The standard InChI is InChI=1S/C8H6O4.C8H8.C4H2O3.C4H10O3.C3H8O2/c9-7(10)5-2-1-3-6(4-5)8(11)12;1-2-8-6-4-3-5-7-8;5-3-1-2-4(6)7-3;5-1-3-7-4-2-6;1-3(5)2-4/h1-4H,(H,9,10)(H,11,12);2-7H,1H2;1-2H;5-6H,1-4H2;3-5H,2H2,1H3. The van der Waals surface area contributed by atoms with Gasteiger partial charge in [-0.15, -0.1) is 0 Å². The third kappa shape index (κ3) is 22.7. The quantitative estimate of drug-likeness (QED) is 0.156. The molecule has 3 rings (SSSR count). The first-order valence-corrected chi connectivity index (χ1v) is 11.3. The van der Waals surface area contributed by atoms with Gasteiger partial charge in [0.05, 0.1) is 50.3 Å². The molecule has 0 bridgehead atoms. The SMILES string of the molecule is C=Cc1ccccc1.CC(O)CO.O=C(O)c1cccc(C(=O)O)c1.O=C1C=CC(=O)O1.OCCOCCO. The van der Waals surface area contributed by atoms with Crippen LogP contribution >= 0.6 is 0 Å². The summed E-state index contributed by atoms with van der Waals surface area (Å²) in [4.78, 5) is 40.6. The van der Waals surface area contributed by atoms with Gasteiger partial charge in [0.15, 0.2) is 0 Å². The van der Waals surface area contributed by atoms with Crippen molar-refractivity contribution >= 4 is 30.0 Å². The lowest BCUT2D eigenvalue weighted by molar-refractivity contribution is -0.150. The van der Waals surface area contributed by atoms with Crippen molar-refractivity contribution in [3.63, 3.8) is 0 Å². The lowest BCUT2D eigenvalue weighted by Gasteiger charge is -1.95. The van der Waals surface area contributed by atoms with Crippen molar-refractivity contribution in [3.8, 4) is 0 Å². The summed E-state index contributed by atoms with van der Waals surface area (Å²) < 4.78 is 8.60. The Kier molecular flexibility index (Phi) is 22.9. The van der Waals surface area contributed by atoms with Crippen LogP contribution in [0.5, 0.6) is 0 Å². The summed E-state index contributed by atoms with van der Waals surface area (Å²) in [6.45, 7) is 5.72. The number of aliphatic hydroxyl groups excluding tert-OH is 4. The third-order valence-corrected chi connectivity index (χ3v) is 3.68. The van der Waals surface area contributed by atoms with E-state index in [4.69, 9.17) is 30.6 Å². The zero-order valence-corrected chi connectivity index (χ0v) is 21.4. The smallest absolute Gasteiger partial charge is 0.338 e. The van der Waals surface area contributed by atoms with Gasteiger partial charge >= 0.3 is 23.9 Å². The maximum atomic E-state index is 10.4. The Labute approximate surface area is 225 Å². The second kappa shape index (κ2) is 24.2. The van der Waals surface area contributed by atoms with Crippen LogP contribution in [0.4, 0.5) is 0 Å². The summed E-state index contributed by atoms with van der Waals surface area (Å²) >= 11 is 0. The first-order chi connectivity index (χ1) is 18.5. The van der Waals surface area contributed by atoms with Gasteiger partial charge in [-0.1, -0.05) is 49.1 Å². The molecular weight excluding hydrogens is 516 g/mol. The molecule has 12 heteroatoms. The van der Waals surface area contributed by atoms with Crippen LogP contribution in [0, 0.1) is 0 Å². The van der Waals surface area contributed by atoms with Gasteiger partial charge in [0.2, 0.25) is 0 Å². The highest BCUT2D eigenvalue weighted by Gasteiger charge is 2.10. The van der Waals surface area contributed by atoms with Gasteiger partial charge in [-0.2, -0.15) is 0 Å². The predicted octanol–water partition coefficient (Wildman–Crippen LogP) is 1.39. The fourth-order valence-electron chi connectivity index (χ4n) is 1.91. The summed E-state index contributed by atoms with van der Waals surface area (Å²) in [5, 5.41) is 49.2. The number of cyclic esters (lactones) is 2. The zero-order chi connectivity index (χ0) is 30.1. The molecule has 0 amide bonds. The van der Waals surface area contributed by atoms with Crippen molar-refractivity contribution in [2.45, 2.75) is 13.0 Å². The number of aliphatic hydroxyl groups is 4. The molecule has 0 aliphatic carbocycles. The molecule has 2 aromatic carbocycles. The second-order valence-corrected chi connectivity index (χ2v) is 6.97. The van der Waals surface area contributed by atoms with Gasteiger partial charge in [-0.3, -0.25) is 0 Å². The molecule has 0 saturated heterocycles. The van der Waals surface area contributed by atoms with E-state index < -0.39 is 30.0 Å². The Balaban J connectivity index is 0. The lowest BCUT2D eigenvalue weighted by atomic mass is 10.1. The first-order valence-electron chi connectivity index (χ1n) is 11.3. The number of carbonyl (C=O) groups is 4. The number of hydrogen-bond donors (Lipinski definition) is 6. The van der Waals surface area contributed by atoms with Gasteiger partial charge in [0, 0.05) is 12.2 Å². The monoisotopic (exact) mass is 550 g/mol. The van der Waals surface area contributed by atoms with Gasteiger partial charge in [-0.25, -0.2) is 19.2 Å². The molecule has 1 atom stereocenters. The number of carboxylic acids is 2. The molecule has 12 nitrogen and oxygen atoms in total. The normalized spacial score (nSPS) is 11.4. The van der Waals surface area contributed by atoms with Crippen molar-refractivity contribution in [2.75, 3.05) is 33.0 Å². The number of benzene rings is 2. The van der Waals surface area contributed by atoms with E-state index in [-0.39, 0.29) is 30.9 Å². The molecule has 214 valence electrons. The van der Waals surface area contributed by atoms with E-state index in [1.54, 1.807) is 0 Å². The molecule has 1 aliphatic rings. The summed E-state index contributed by atoms with van der Waals surface area (Å²) in [5.74, 6) is -3.41. The highest BCUT2D eigenvalue weighted by molar-refractivity contribution is 6.04. The molecule has 0 saturated carbocycles. The molecule has 1 aliphatic heterocycles. The van der Waals surface area contributed by atoms with Crippen LogP contribution in [0.3, 0.4) is 0 Å². The predicted molar refractivity (Wildman–Crippen MR) is 141 cm³/mol. The molecule has 1 heterocycles. The molecule has 0 spiro atoms. The highest BCUT2D eigenvalue weighted by atomic mass is 16.6. The molecule has 1 unspecified atom stereocenters. The van der Waals surface area contributed by atoms with E-state index in [1.807, 2.05) is 36.4 Å². The van der Waals surface area contributed by atoms with Gasteiger partial charge in [0.25, 0.3) is 0 Å². The summed E-state index contributed by atoms with van der Waals surface area (Å²) in [6, 6.07) is 15.2. The number of carboxylic acid groups (broad SMARTS) is 2.